The van der Waals surface area contributed by atoms with E-state index in [-0.39, 0.29) is 5.02 Å². The third kappa shape index (κ3) is 3.40. The highest BCUT2D eigenvalue weighted by atomic mass is 79.9. The van der Waals surface area contributed by atoms with Gasteiger partial charge in [0.15, 0.2) is 4.90 Å². The van der Waals surface area contributed by atoms with E-state index in [2.05, 4.69) is 20.7 Å². The average molecular weight is 406 g/mol. The molecule has 0 saturated carbocycles. The molecule has 0 heterocycles. The first-order valence-electron chi connectivity index (χ1n) is 5.94. The van der Waals surface area contributed by atoms with E-state index in [0.29, 0.717) is 11.3 Å². The fraction of sp³-hybridized carbons (Fsp3) is 0.0769. The van der Waals surface area contributed by atoms with Crippen LogP contribution in [0.3, 0.4) is 0 Å². The van der Waals surface area contributed by atoms with Gasteiger partial charge in [-0.05, 0) is 36.8 Å². The van der Waals surface area contributed by atoms with Crippen molar-refractivity contribution in [3.8, 4) is 0 Å². The van der Waals surface area contributed by atoms with Crippen LogP contribution < -0.4 is 4.72 Å². The number of benzene rings is 2. The van der Waals surface area contributed by atoms with Gasteiger partial charge in [-0.25, -0.2) is 8.42 Å². The number of sulfonamides is 1. The molecule has 2 aromatic carbocycles. The summed E-state index contributed by atoms with van der Waals surface area (Å²) in [6, 6.07) is 8.64. The largest absolute Gasteiger partial charge is 0.291 e. The second-order valence-electron chi connectivity index (χ2n) is 4.41. The zero-order valence-electron chi connectivity index (χ0n) is 11.2. The van der Waals surface area contributed by atoms with Gasteiger partial charge in [0, 0.05) is 10.5 Å². The van der Waals surface area contributed by atoms with Crippen molar-refractivity contribution in [1.82, 2.24) is 0 Å². The van der Waals surface area contributed by atoms with Gasteiger partial charge in [0.1, 0.15) is 0 Å². The predicted octanol–water partition coefficient (Wildman–Crippen LogP) is 4.12. The van der Waals surface area contributed by atoms with E-state index < -0.39 is 25.5 Å². The zero-order valence-corrected chi connectivity index (χ0v) is 14.4. The normalized spacial score (nSPS) is 11.2. The van der Waals surface area contributed by atoms with Crippen molar-refractivity contribution in [2.45, 2.75) is 11.8 Å². The molecule has 0 aliphatic carbocycles. The molecule has 116 valence electrons. The minimum Gasteiger partial charge on any atom is -0.279 e. The monoisotopic (exact) mass is 404 g/mol. The quantitative estimate of drug-likeness (QED) is 0.612. The lowest BCUT2D eigenvalue weighted by atomic mass is 10.2. The number of nitrogens with one attached hydrogen (secondary N) is 1. The standard InChI is InChI=1S/C13H10BrClN2O4S/c1-8-7-9(14)5-6-11(8)16-22(20,21)13-10(15)3-2-4-12(13)17(18)19/h2-7,16H,1H3. The maximum absolute atomic E-state index is 12.5. The van der Waals surface area contributed by atoms with Gasteiger partial charge in [-0.15, -0.1) is 0 Å². The van der Waals surface area contributed by atoms with E-state index in [9.17, 15) is 18.5 Å². The van der Waals surface area contributed by atoms with Crippen molar-refractivity contribution in [2.24, 2.45) is 0 Å². The van der Waals surface area contributed by atoms with E-state index in [4.69, 9.17) is 11.6 Å². The third-order valence-electron chi connectivity index (χ3n) is 2.84. The summed E-state index contributed by atoms with van der Waals surface area (Å²) in [5.74, 6) is 0. The smallest absolute Gasteiger partial charge is 0.279 e. The molecule has 0 spiro atoms. The Balaban J connectivity index is 2.54. The Morgan fingerprint density at radius 1 is 1.27 bits per heavy atom. The van der Waals surface area contributed by atoms with Crippen molar-refractivity contribution < 1.29 is 13.3 Å². The Morgan fingerprint density at radius 3 is 2.55 bits per heavy atom. The lowest BCUT2D eigenvalue weighted by Crippen LogP contribution is -2.16. The Labute approximate surface area is 140 Å². The molecule has 0 aromatic heterocycles. The first-order chi connectivity index (χ1) is 10.2. The van der Waals surface area contributed by atoms with Crippen LogP contribution in [0.2, 0.25) is 5.02 Å². The van der Waals surface area contributed by atoms with E-state index in [1.54, 1.807) is 25.1 Å². The number of hydrogen-bond acceptors (Lipinski definition) is 4. The van der Waals surface area contributed by atoms with Crippen LogP contribution in [0.4, 0.5) is 11.4 Å². The first kappa shape index (κ1) is 16.7. The average Bonchev–Trinajstić information content (AvgIpc) is 2.41. The molecule has 1 N–H and O–H groups in total. The summed E-state index contributed by atoms with van der Waals surface area (Å²) in [5, 5.41) is 10.8. The Hall–Kier alpha value is -1.64. The molecule has 0 aliphatic heterocycles. The van der Waals surface area contributed by atoms with Crippen molar-refractivity contribution >= 4 is 48.9 Å². The highest BCUT2D eigenvalue weighted by Gasteiger charge is 2.29. The van der Waals surface area contributed by atoms with Gasteiger partial charge in [-0.1, -0.05) is 33.6 Å². The van der Waals surface area contributed by atoms with Gasteiger partial charge in [-0.3, -0.25) is 14.8 Å². The number of hydrogen-bond donors (Lipinski definition) is 1. The minimum atomic E-state index is -4.19. The third-order valence-corrected chi connectivity index (χ3v) is 5.22. The first-order valence-corrected chi connectivity index (χ1v) is 8.59. The Bertz CT molecular complexity index is 855. The van der Waals surface area contributed by atoms with E-state index >= 15 is 0 Å². The second kappa shape index (κ2) is 6.23. The van der Waals surface area contributed by atoms with Gasteiger partial charge >= 0.3 is 0 Å². The van der Waals surface area contributed by atoms with Gasteiger partial charge in [-0.2, -0.15) is 0 Å². The van der Waals surface area contributed by atoms with Gasteiger partial charge in [0.05, 0.1) is 15.6 Å². The van der Waals surface area contributed by atoms with Crippen molar-refractivity contribution in [3.63, 3.8) is 0 Å². The Kier molecular flexibility index (Phi) is 4.74. The molecule has 2 aromatic rings. The summed E-state index contributed by atoms with van der Waals surface area (Å²) in [5.41, 5.74) is 0.403. The molecule has 0 radical (unpaired) electrons. The molecule has 0 bridgehead atoms. The summed E-state index contributed by atoms with van der Waals surface area (Å²) >= 11 is 9.13. The fourth-order valence-electron chi connectivity index (χ4n) is 1.84. The van der Waals surface area contributed by atoms with Crippen LogP contribution in [0, 0.1) is 17.0 Å². The molecule has 0 atom stereocenters. The number of aryl methyl sites for hydroxylation is 1. The summed E-state index contributed by atoms with van der Waals surface area (Å²) in [6.45, 7) is 1.71. The molecule has 2 rings (SSSR count). The van der Waals surface area contributed by atoms with E-state index in [0.717, 1.165) is 10.5 Å². The van der Waals surface area contributed by atoms with Crippen LogP contribution in [0.5, 0.6) is 0 Å². The number of nitrogens with zero attached hydrogens (tertiary/aromatic N) is 1. The second-order valence-corrected chi connectivity index (χ2v) is 7.35. The zero-order chi connectivity index (χ0) is 16.5. The number of anilines is 1. The van der Waals surface area contributed by atoms with Crippen LogP contribution >= 0.6 is 27.5 Å². The van der Waals surface area contributed by atoms with Crippen LogP contribution in [-0.2, 0) is 10.0 Å². The maximum atomic E-state index is 12.5. The summed E-state index contributed by atoms with van der Waals surface area (Å²) < 4.78 is 28.1. The molecular weight excluding hydrogens is 396 g/mol. The number of rotatable bonds is 4. The van der Waals surface area contributed by atoms with Crippen molar-refractivity contribution in [1.29, 1.82) is 0 Å². The van der Waals surface area contributed by atoms with E-state index in [1.807, 2.05) is 0 Å². The van der Waals surface area contributed by atoms with Gasteiger partial charge in [0.25, 0.3) is 15.7 Å². The fourth-order valence-corrected chi connectivity index (χ4v) is 4.16. The number of nitro benzene ring substituents is 1. The summed E-state index contributed by atoms with van der Waals surface area (Å²) in [7, 11) is -4.19. The lowest BCUT2D eigenvalue weighted by Gasteiger charge is -2.12. The highest BCUT2D eigenvalue weighted by molar-refractivity contribution is 9.10. The Morgan fingerprint density at radius 2 is 1.95 bits per heavy atom. The van der Waals surface area contributed by atoms with Crippen LogP contribution in [0.15, 0.2) is 45.8 Å². The topological polar surface area (TPSA) is 89.3 Å². The number of halogens is 2. The van der Waals surface area contributed by atoms with Crippen LogP contribution in [0.1, 0.15) is 5.56 Å². The molecule has 22 heavy (non-hydrogen) atoms. The van der Waals surface area contributed by atoms with Gasteiger partial charge < -0.3 is 0 Å². The maximum Gasteiger partial charge on any atom is 0.291 e. The summed E-state index contributed by atoms with van der Waals surface area (Å²) in [6.07, 6.45) is 0. The molecule has 0 aliphatic rings. The SMILES string of the molecule is Cc1cc(Br)ccc1NS(=O)(=O)c1c(Cl)cccc1[N+](=O)[O-]. The summed E-state index contributed by atoms with van der Waals surface area (Å²) in [4.78, 5) is 9.70. The van der Waals surface area contributed by atoms with Crippen LogP contribution in [0.25, 0.3) is 0 Å². The lowest BCUT2D eigenvalue weighted by molar-refractivity contribution is -0.387. The molecule has 0 amide bonds. The molecule has 9 heteroatoms. The van der Waals surface area contributed by atoms with Crippen LogP contribution in [-0.4, -0.2) is 13.3 Å². The molecule has 0 saturated heterocycles. The molecular formula is C13H10BrClN2O4S. The van der Waals surface area contributed by atoms with Crippen molar-refractivity contribution in [2.75, 3.05) is 4.72 Å². The molecule has 0 fully saturated rings. The predicted molar refractivity (Wildman–Crippen MR) is 87.8 cm³/mol. The van der Waals surface area contributed by atoms with Gasteiger partial charge in [0.2, 0.25) is 0 Å². The van der Waals surface area contributed by atoms with E-state index in [1.165, 1.54) is 12.1 Å². The molecule has 6 nitrogen and oxygen atoms in total. The minimum absolute atomic E-state index is 0.212. The number of nitro groups is 1. The van der Waals surface area contributed by atoms with Crippen molar-refractivity contribution in [3.05, 3.63) is 61.6 Å². The molecule has 0 unspecified atom stereocenters. The highest BCUT2D eigenvalue weighted by Crippen LogP contribution is 2.33.